The molecule has 11 heavy (non-hydrogen) atoms. The van der Waals surface area contributed by atoms with E-state index in [1.54, 1.807) is 0 Å². The van der Waals surface area contributed by atoms with Gasteiger partial charge in [0.05, 0.1) is 26.3 Å². The molecule has 0 radical (unpaired) electrons. The van der Waals surface area contributed by atoms with Crippen molar-refractivity contribution in [3.63, 3.8) is 0 Å². The van der Waals surface area contributed by atoms with Gasteiger partial charge in [-0.05, 0) is 6.32 Å². The highest BCUT2D eigenvalue weighted by atomic mass is 16.6. The lowest BCUT2D eigenvalue weighted by molar-refractivity contribution is -0.783. The van der Waals surface area contributed by atoms with Gasteiger partial charge in [-0.15, -0.1) is 12.7 Å². The van der Waals surface area contributed by atoms with Crippen LogP contribution < -0.4 is 4.81 Å². The minimum absolute atomic E-state index is 0.850. The lowest BCUT2D eigenvalue weighted by atomic mass is 9.67. The molecule has 4 heteroatoms. The van der Waals surface area contributed by atoms with Crippen molar-refractivity contribution in [1.29, 1.82) is 0 Å². The first-order chi connectivity index (χ1) is 5.37. The van der Waals surface area contributed by atoms with Gasteiger partial charge in [0.15, 0.2) is 0 Å². The number of hydrogen-bond acceptors (Lipinski definition) is 2. The van der Waals surface area contributed by atoms with Crippen LogP contribution in [-0.2, 0) is 9.31 Å². The summed E-state index contributed by atoms with van der Waals surface area (Å²) < 4.78 is 11.3. The second-order valence-electron chi connectivity index (χ2n) is 3.29. The van der Waals surface area contributed by atoms with Crippen LogP contribution in [0.3, 0.4) is 0 Å². The molecule has 62 valence electrons. The van der Waals surface area contributed by atoms with Crippen LogP contribution in [0.1, 0.15) is 0 Å². The zero-order valence-corrected chi connectivity index (χ0v) is 6.71. The van der Waals surface area contributed by atoms with Crippen LogP contribution in [0.25, 0.3) is 0 Å². The molecule has 1 N–H and O–H groups in total. The minimum atomic E-state index is -1.00. The van der Waals surface area contributed by atoms with Crippen molar-refractivity contribution >= 4 is 6.69 Å². The third-order valence-corrected chi connectivity index (χ3v) is 2.72. The molecule has 2 aliphatic heterocycles. The standard InChI is InChI=1S/C7H14BNO2/c1-2-3-8-9(4-6-10-8)5-7-11-8/h2,9H,1,3-7H2. The number of rotatable bonds is 2. The molecule has 2 saturated heterocycles. The maximum atomic E-state index is 5.64. The maximum absolute atomic E-state index is 5.64. The molecule has 0 aromatic rings. The Morgan fingerprint density at radius 1 is 1.36 bits per heavy atom. The summed E-state index contributed by atoms with van der Waals surface area (Å²) in [6, 6.07) is 0. The van der Waals surface area contributed by atoms with Crippen molar-refractivity contribution in [3.05, 3.63) is 12.7 Å². The third-order valence-electron chi connectivity index (χ3n) is 2.72. The number of hydrogen-bond donors (Lipinski definition) is 1. The summed E-state index contributed by atoms with van der Waals surface area (Å²) in [6.07, 6.45) is 2.77. The lowest BCUT2D eigenvalue weighted by Gasteiger charge is -2.29. The topological polar surface area (TPSA) is 22.9 Å². The molecule has 2 rings (SSSR count). The number of nitrogens with one attached hydrogen (secondary N) is 1. The summed E-state index contributed by atoms with van der Waals surface area (Å²) in [6.45, 7) is 6.63. The van der Waals surface area contributed by atoms with Gasteiger partial charge in [0, 0.05) is 0 Å². The summed E-state index contributed by atoms with van der Waals surface area (Å²) >= 11 is 0. The second-order valence-corrected chi connectivity index (χ2v) is 3.29. The average molecular weight is 155 g/mol. The van der Waals surface area contributed by atoms with Gasteiger partial charge in [-0.1, -0.05) is 0 Å². The highest BCUT2D eigenvalue weighted by Gasteiger charge is 2.48. The highest BCUT2D eigenvalue weighted by Crippen LogP contribution is 2.13. The Bertz CT molecular complexity index is 164. The van der Waals surface area contributed by atoms with Crippen molar-refractivity contribution in [1.82, 2.24) is 0 Å². The van der Waals surface area contributed by atoms with Crippen LogP contribution in [0, 0.1) is 0 Å². The van der Waals surface area contributed by atoms with E-state index < -0.39 is 6.69 Å². The SMILES string of the molecule is C=CC[B-]12OCC[NH+]1CCO2. The van der Waals surface area contributed by atoms with Crippen LogP contribution in [0.5, 0.6) is 0 Å². The van der Waals surface area contributed by atoms with E-state index in [2.05, 4.69) is 6.58 Å². The first-order valence-corrected chi connectivity index (χ1v) is 4.27. The van der Waals surface area contributed by atoms with E-state index in [1.807, 2.05) is 6.08 Å². The summed E-state index contributed by atoms with van der Waals surface area (Å²) in [7, 11) is 0. The van der Waals surface area contributed by atoms with E-state index in [4.69, 9.17) is 9.31 Å². The molecular weight excluding hydrogens is 141 g/mol. The molecule has 2 fully saturated rings. The Morgan fingerprint density at radius 2 is 2.00 bits per heavy atom. The smallest absolute Gasteiger partial charge is 0.475 e. The highest BCUT2D eigenvalue weighted by molar-refractivity contribution is 6.59. The Morgan fingerprint density at radius 3 is 2.55 bits per heavy atom. The Hall–Kier alpha value is -0.315. The van der Waals surface area contributed by atoms with E-state index in [0.29, 0.717) is 0 Å². The fraction of sp³-hybridized carbons (Fsp3) is 0.714. The second kappa shape index (κ2) is 2.62. The van der Waals surface area contributed by atoms with Crippen LogP contribution in [0.15, 0.2) is 12.7 Å². The molecule has 0 aromatic carbocycles. The van der Waals surface area contributed by atoms with Crippen molar-refractivity contribution < 1.29 is 14.1 Å². The van der Waals surface area contributed by atoms with E-state index in [0.717, 1.165) is 32.6 Å². The predicted octanol–water partition coefficient (Wildman–Crippen LogP) is -0.943. The molecule has 0 unspecified atom stereocenters. The van der Waals surface area contributed by atoms with Gasteiger partial charge >= 0.3 is 6.69 Å². The largest absolute Gasteiger partial charge is 0.509 e. The van der Waals surface area contributed by atoms with E-state index in [-0.39, 0.29) is 0 Å². The zero-order valence-electron chi connectivity index (χ0n) is 6.71. The summed E-state index contributed by atoms with van der Waals surface area (Å²) in [5.74, 6) is 0. The molecule has 0 bridgehead atoms. The molecule has 3 nitrogen and oxygen atoms in total. The van der Waals surface area contributed by atoms with Gasteiger partial charge in [0.25, 0.3) is 0 Å². The molecular formula is C7H14BNO2. The minimum Gasteiger partial charge on any atom is -0.509 e. The van der Waals surface area contributed by atoms with Crippen molar-refractivity contribution in [2.45, 2.75) is 6.32 Å². The van der Waals surface area contributed by atoms with Gasteiger partial charge in [-0.25, -0.2) is 0 Å². The first-order valence-electron chi connectivity index (χ1n) is 4.27. The third kappa shape index (κ3) is 1.02. The van der Waals surface area contributed by atoms with Crippen molar-refractivity contribution in [2.75, 3.05) is 26.3 Å². The summed E-state index contributed by atoms with van der Waals surface area (Å²) in [4.78, 5) is 1.49. The Balaban J connectivity index is 2.13. The summed E-state index contributed by atoms with van der Waals surface area (Å²) in [5, 5.41) is 0. The monoisotopic (exact) mass is 155 g/mol. The Labute approximate surface area is 67.0 Å². The van der Waals surface area contributed by atoms with Gasteiger partial charge in [-0.2, -0.15) is 0 Å². The number of allylic oxidation sites excluding steroid dienone is 1. The fourth-order valence-electron chi connectivity index (χ4n) is 2.13. The molecule has 2 aliphatic rings. The normalized spacial score (nSPS) is 42.4. The van der Waals surface area contributed by atoms with Crippen LogP contribution in [0.4, 0.5) is 0 Å². The molecule has 0 aromatic heterocycles. The van der Waals surface area contributed by atoms with Gasteiger partial charge in [0.1, 0.15) is 0 Å². The maximum Gasteiger partial charge on any atom is 0.475 e. The van der Waals surface area contributed by atoms with Gasteiger partial charge < -0.3 is 14.1 Å². The lowest BCUT2D eigenvalue weighted by Crippen LogP contribution is -3.19. The van der Waals surface area contributed by atoms with Crippen LogP contribution >= 0.6 is 0 Å². The number of fused-ring (bicyclic) bond motifs is 1. The summed E-state index contributed by atoms with van der Waals surface area (Å²) in [5.41, 5.74) is 0. The van der Waals surface area contributed by atoms with Crippen LogP contribution in [0.2, 0.25) is 6.32 Å². The molecule has 2 heterocycles. The van der Waals surface area contributed by atoms with E-state index in [9.17, 15) is 0 Å². The molecule has 0 atom stereocenters. The first kappa shape index (κ1) is 7.34. The predicted molar refractivity (Wildman–Crippen MR) is 43.4 cm³/mol. The molecule has 0 aliphatic carbocycles. The van der Waals surface area contributed by atoms with Crippen molar-refractivity contribution in [3.8, 4) is 0 Å². The fourth-order valence-corrected chi connectivity index (χ4v) is 2.13. The Kier molecular flexibility index (Phi) is 1.75. The van der Waals surface area contributed by atoms with E-state index >= 15 is 0 Å². The van der Waals surface area contributed by atoms with E-state index in [1.165, 1.54) is 4.81 Å². The van der Waals surface area contributed by atoms with Gasteiger partial charge in [-0.3, -0.25) is 0 Å². The molecule has 0 spiro atoms. The molecule has 0 amide bonds. The van der Waals surface area contributed by atoms with Crippen LogP contribution in [-0.4, -0.2) is 33.0 Å². The quantitative estimate of drug-likeness (QED) is 0.410. The van der Waals surface area contributed by atoms with Crippen molar-refractivity contribution in [2.24, 2.45) is 0 Å². The average Bonchev–Trinajstić information content (AvgIpc) is 2.45. The zero-order chi connectivity index (χ0) is 7.73. The number of quaternary nitrogens is 1. The molecule has 0 saturated carbocycles. The van der Waals surface area contributed by atoms with Gasteiger partial charge in [0.2, 0.25) is 0 Å².